The number of nitrogens with two attached hydrogens (primary N) is 1. The third-order valence-corrected chi connectivity index (χ3v) is 5.47. The van der Waals surface area contributed by atoms with E-state index in [2.05, 4.69) is 5.32 Å². The summed E-state index contributed by atoms with van der Waals surface area (Å²) in [4.78, 5) is 29.0. The van der Waals surface area contributed by atoms with Crippen molar-refractivity contribution in [2.75, 3.05) is 33.2 Å². The summed E-state index contributed by atoms with van der Waals surface area (Å²) in [5.74, 6) is 0.727. The van der Waals surface area contributed by atoms with Gasteiger partial charge in [-0.25, -0.2) is 0 Å². The number of carbonyl (C=O) groups is 2. The molecule has 2 unspecified atom stereocenters. The fourth-order valence-electron chi connectivity index (χ4n) is 4.02. The normalized spacial score (nSPS) is 23.5. The van der Waals surface area contributed by atoms with Crippen LogP contribution in [-0.2, 0) is 11.3 Å². The molecule has 25 heavy (non-hydrogen) atoms. The van der Waals surface area contributed by atoms with Crippen LogP contribution >= 0.6 is 0 Å². The van der Waals surface area contributed by atoms with Gasteiger partial charge in [-0.3, -0.25) is 9.59 Å². The Morgan fingerprint density at radius 3 is 2.72 bits per heavy atom. The Labute approximate surface area is 149 Å². The maximum Gasteiger partial charge on any atom is 0.253 e. The number of likely N-dealkylation sites (N-methyl/N-ethyl adjacent to an activating group) is 1. The van der Waals surface area contributed by atoms with E-state index in [1.54, 1.807) is 0 Å². The van der Waals surface area contributed by atoms with Crippen molar-refractivity contribution in [1.82, 2.24) is 15.1 Å². The van der Waals surface area contributed by atoms with Crippen molar-refractivity contribution in [3.63, 3.8) is 0 Å². The van der Waals surface area contributed by atoms with Gasteiger partial charge in [-0.15, -0.1) is 0 Å². The molecule has 3 rings (SSSR count). The first-order valence-electron chi connectivity index (χ1n) is 9.16. The Balaban J connectivity index is 1.66. The molecule has 2 amide bonds. The molecule has 3 N–H and O–H groups in total. The number of hydrogen-bond acceptors (Lipinski definition) is 4. The second-order valence-corrected chi connectivity index (χ2v) is 7.00. The zero-order valence-electron chi connectivity index (χ0n) is 14.9. The Hall–Kier alpha value is -1.92. The molecule has 0 aromatic heterocycles. The summed E-state index contributed by atoms with van der Waals surface area (Å²) in [6.45, 7) is 3.50. The number of carbonyl (C=O) groups excluding carboxylic acids is 2. The van der Waals surface area contributed by atoms with E-state index in [4.69, 9.17) is 5.73 Å². The van der Waals surface area contributed by atoms with E-state index in [1.807, 2.05) is 41.1 Å². The van der Waals surface area contributed by atoms with Gasteiger partial charge in [-0.05, 0) is 43.5 Å². The van der Waals surface area contributed by atoms with Gasteiger partial charge in [-0.2, -0.15) is 0 Å². The lowest BCUT2D eigenvalue weighted by Crippen LogP contribution is -2.57. The van der Waals surface area contributed by atoms with Crippen LogP contribution in [0.2, 0.25) is 0 Å². The van der Waals surface area contributed by atoms with Crippen LogP contribution in [0.25, 0.3) is 0 Å². The van der Waals surface area contributed by atoms with E-state index in [9.17, 15) is 9.59 Å². The van der Waals surface area contributed by atoms with Gasteiger partial charge in [-0.1, -0.05) is 12.1 Å². The molecule has 2 aliphatic rings. The number of hydrogen-bond donors (Lipinski definition) is 2. The molecular weight excluding hydrogens is 316 g/mol. The van der Waals surface area contributed by atoms with Crippen molar-refractivity contribution in [3.05, 3.63) is 35.4 Å². The number of likely N-dealkylation sites (tertiary alicyclic amines) is 2. The van der Waals surface area contributed by atoms with Gasteiger partial charge in [0.1, 0.15) is 0 Å². The smallest absolute Gasteiger partial charge is 0.253 e. The number of amides is 2. The predicted molar refractivity (Wildman–Crippen MR) is 97.0 cm³/mol. The minimum absolute atomic E-state index is 0.0840. The van der Waals surface area contributed by atoms with Gasteiger partial charge in [0.25, 0.3) is 5.91 Å². The fourth-order valence-corrected chi connectivity index (χ4v) is 4.02. The Bertz CT molecular complexity index is 616. The maximum atomic E-state index is 12.8. The lowest BCUT2D eigenvalue weighted by Gasteiger charge is -2.47. The number of nitrogens with zero attached hydrogens (tertiary/aromatic N) is 2. The Kier molecular flexibility index (Phi) is 5.71. The zero-order valence-corrected chi connectivity index (χ0v) is 14.9. The van der Waals surface area contributed by atoms with Crippen molar-refractivity contribution < 1.29 is 9.59 Å². The molecule has 2 atom stereocenters. The molecule has 2 heterocycles. The molecular formula is C19H28N4O2. The highest BCUT2D eigenvalue weighted by Crippen LogP contribution is 2.31. The second-order valence-electron chi connectivity index (χ2n) is 7.00. The van der Waals surface area contributed by atoms with Crippen LogP contribution in [0.3, 0.4) is 0 Å². The van der Waals surface area contributed by atoms with Crippen LogP contribution in [-0.4, -0.2) is 60.9 Å². The highest BCUT2D eigenvalue weighted by atomic mass is 16.2. The Morgan fingerprint density at radius 2 is 2.04 bits per heavy atom. The van der Waals surface area contributed by atoms with E-state index < -0.39 is 0 Å². The molecule has 0 saturated carbocycles. The van der Waals surface area contributed by atoms with E-state index in [-0.39, 0.29) is 17.9 Å². The quantitative estimate of drug-likeness (QED) is 0.829. The molecule has 0 spiro atoms. The van der Waals surface area contributed by atoms with E-state index in [1.165, 1.54) is 0 Å². The van der Waals surface area contributed by atoms with Crippen LogP contribution in [0.5, 0.6) is 0 Å². The molecule has 0 aliphatic carbocycles. The average molecular weight is 344 g/mol. The van der Waals surface area contributed by atoms with Crippen molar-refractivity contribution in [2.45, 2.75) is 31.8 Å². The van der Waals surface area contributed by atoms with E-state index in [0.717, 1.165) is 43.6 Å². The summed E-state index contributed by atoms with van der Waals surface area (Å²) in [6.07, 6.45) is 2.35. The number of rotatable bonds is 5. The SMILES string of the molecule is CNCCN1C(=O)CCC2CN(C(=O)c3ccc(CN)cc3)CCC21. The first-order chi connectivity index (χ1) is 12.1. The molecule has 2 aliphatic heterocycles. The molecule has 2 saturated heterocycles. The van der Waals surface area contributed by atoms with Crippen molar-refractivity contribution in [2.24, 2.45) is 11.7 Å². The largest absolute Gasteiger partial charge is 0.338 e. The third-order valence-electron chi connectivity index (χ3n) is 5.47. The van der Waals surface area contributed by atoms with Crippen LogP contribution in [0.4, 0.5) is 0 Å². The highest BCUT2D eigenvalue weighted by Gasteiger charge is 2.40. The van der Waals surface area contributed by atoms with E-state index in [0.29, 0.717) is 25.4 Å². The number of fused-ring (bicyclic) bond motifs is 1. The highest BCUT2D eigenvalue weighted by molar-refractivity contribution is 5.94. The molecule has 6 heteroatoms. The number of piperidine rings is 2. The summed E-state index contributed by atoms with van der Waals surface area (Å²) in [5, 5.41) is 3.12. The second kappa shape index (κ2) is 7.97. The fraction of sp³-hybridized carbons (Fsp3) is 0.579. The molecule has 1 aromatic carbocycles. The van der Waals surface area contributed by atoms with Crippen LogP contribution in [0.15, 0.2) is 24.3 Å². The summed E-state index contributed by atoms with van der Waals surface area (Å²) >= 11 is 0. The lowest BCUT2D eigenvalue weighted by atomic mass is 9.83. The molecule has 0 radical (unpaired) electrons. The first kappa shape index (κ1) is 17.9. The van der Waals surface area contributed by atoms with Gasteiger partial charge < -0.3 is 20.9 Å². The summed E-state index contributed by atoms with van der Waals surface area (Å²) in [5.41, 5.74) is 7.37. The van der Waals surface area contributed by atoms with Gasteiger partial charge in [0, 0.05) is 50.7 Å². The molecule has 1 aromatic rings. The van der Waals surface area contributed by atoms with E-state index >= 15 is 0 Å². The zero-order chi connectivity index (χ0) is 17.8. The van der Waals surface area contributed by atoms with Crippen molar-refractivity contribution >= 4 is 11.8 Å². The van der Waals surface area contributed by atoms with Crippen LogP contribution in [0.1, 0.15) is 35.2 Å². The van der Waals surface area contributed by atoms with Crippen LogP contribution < -0.4 is 11.1 Å². The van der Waals surface area contributed by atoms with Crippen molar-refractivity contribution in [1.29, 1.82) is 0 Å². The molecule has 0 bridgehead atoms. The first-order valence-corrected chi connectivity index (χ1v) is 9.16. The molecule has 136 valence electrons. The van der Waals surface area contributed by atoms with Crippen molar-refractivity contribution in [3.8, 4) is 0 Å². The van der Waals surface area contributed by atoms with Gasteiger partial charge in [0.15, 0.2) is 0 Å². The number of benzene rings is 1. The lowest BCUT2D eigenvalue weighted by molar-refractivity contribution is -0.140. The van der Waals surface area contributed by atoms with Crippen LogP contribution in [0, 0.1) is 5.92 Å². The topological polar surface area (TPSA) is 78.7 Å². The van der Waals surface area contributed by atoms with Gasteiger partial charge in [0.05, 0.1) is 0 Å². The third kappa shape index (κ3) is 3.85. The molecule has 2 fully saturated rings. The Morgan fingerprint density at radius 1 is 1.28 bits per heavy atom. The molecule has 6 nitrogen and oxygen atoms in total. The van der Waals surface area contributed by atoms with Gasteiger partial charge >= 0.3 is 0 Å². The minimum Gasteiger partial charge on any atom is -0.338 e. The minimum atomic E-state index is 0.0840. The summed E-state index contributed by atoms with van der Waals surface area (Å²) < 4.78 is 0. The van der Waals surface area contributed by atoms with Gasteiger partial charge in [0.2, 0.25) is 5.91 Å². The predicted octanol–water partition coefficient (Wildman–Crippen LogP) is 0.818. The summed E-state index contributed by atoms with van der Waals surface area (Å²) in [7, 11) is 1.91. The monoisotopic (exact) mass is 344 g/mol. The number of nitrogens with one attached hydrogen (secondary N) is 1. The summed E-state index contributed by atoms with van der Waals surface area (Å²) in [6, 6.07) is 7.83. The average Bonchev–Trinajstić information content (AvgIpc) is 2.66. The standard InChI is InChI=1S/C19H28N4O2/c1-21-9-11-23-17-8-10-22(13-16(17)6-7-18(23)24)19(25)15-4-2-14(12-20)3-5-15/h2-5,16-17,21H,6-13,20H2,1H3. The maximum absolute atomic E-state index is 12.8.